The van der Waals surface area contributed by atoms with Crippen LogP contribution in [0.25, 0.3) is 38.6 Å². The number of aromatic nitrogens is 1. The van der Waals surface area contributed by atoms with Gasteiger partial charge in [-0.15, -0.1) is 0 Å². The molecule has 0 aliphatic heterocycles. The Morgan fingerprint density at radius 1 is 0.600 bits per heavy atom. The van der Waals surface area contributed by atoms with Crippen LogP contribution in [0.1, 0.15) is 0 Å². The average molecular weight is 318 g/mol. The summed E-state index contributed by atoms with van der Waals surface area (Å²) in [4.78, 5) is 0. The van der Waals surface area contributed by atoms with E-state index in [1.165, 1.54) is 38.6 Å². The van der Waals surface area contributed by atoms with Crippen molar-refractivity contribution in [1.82, 2.24) is 4.57 Å². The summed E-state index contributed by atoms with van der Waals surface area (Å²) in [5.41, 5.74) is 6.08. The fourth-order valence-electron chi connectivity index (χ4n) is 3.59. The highest BCUT2D eigenvalue weighted by atomic mass is 15.0. The number of rotatable bonds is 2. The van der Waals surface area contributed by atoms with Crippen molar-refractivity contribution >= 4 is 21.8 Å². The Bertz CT molecular complexity index is 1130. The minimum absolute atomic E-state index is 1.18. The highest BCUT2D eigenvalue weighted by molar-refractivity contribution is 6.09. The molecule has 1 heterocycles. The number of hydrogen-bond donors (Lipinski definition) is 0. The molecule has 5 aromatic rings. The van der Waals surface area contributed by atoms with Gasteiger partial charge in [-0.25, -0.2) is 0 Å². The Morgan fingerprint density at radius 2 is 1.36 bits per heavy atom. The van der Waals surface area contributed by atoms with Crippen molar-refractivity contribution in [2.24, 2.45) is 0 Å². The molecule has 1 radical (unpaired) electrons. The highest BCUT2D eigenvalue weighted by Crippen LogP contribution is 2.32. The summed E-state index contributed by atoms with van der Waals surface area (Å²) in [5.74, 6) is 0. The number of para-hydroxylation sites is 1. The van der Waals surface area contributed by atoms with Crippen molar-refractivity contribution in [1.29, 1.82) is 0 Å². The molecule has 0 aliphatic carbocycles. The van der Waals surface area contributed by atoms with Crippen molar-refractivity contribution < 1.29 is 0 Å². The van der Waals surface area contributed by atoms with Crippen molar-refractivity contribution in [3.8, 4) is 16.8 Å². The first-order valence-electron chi connectivity index (χ1n) is 8.47. The lowest BCUT2D eigenvalue weighted by Crippen LogP contribution is -1.94. The third-order valence-electron chi connectivity index (χ3n) is 4.73. The Hall–Kier alpha value is -3.32. The predicted octanol–water partition coefficient (Wildman–Crippen LogP) is 6.25. The van der Waals surface area contributed by atoms with Crippen LogP contribution in [-0.2, 0) is 0 Å². The summed E-state index contributed by atoms with van der Waals surface area (Å²) in [6.45, 7) is 0. The third-order valence-corrected chi connectivity index (χ3v) is 4.73. The van der Waals surface area contributed by atoms with Gasteiger partial charge in [0.15, 0.2) is 0 Å². The zero-order valence-electron chi connectivity index (χ0n) is 13.7. The summed E-state index contributed by atoms with van der Waals surface area (Å²) in [6.07, 6.45) is 0. The molecular weight excluding hydrogens is 302 g/mol. The summed E-state index contributed by atoms with van der Waals surface area (Å²) in [6, 6.07) is 37.2. The first-order chi connectivity index (χ1) is 12.4. The van der Waals surface area contributed by atoms with Crippen LogP contribution in [0, 0.1) is 6.07 Å². The first kappa shape index (κ1) is 14.1. The van der Waals surface area contributed by atoms with E-state index >= 15 is 0 Å². The summed E-state index contributed by atoms with van der Waals surface area (Å²) in [7, 11) is 0. The number of hydrogen-bond acceptors (Lipinski definition) is 0. The molecule has 5 rings (SSSR count). The number of fused-ring (bicyclic) bond motifs is 3. The molecule has 0 saturated heterocycles. The maximum atomic E-state index is 3.22. The molecular formula is C24H16N. The van der Waals surface area contributed by atoms with Gasteiger partial charge >= 0.3 is 0 Å². The van der Waals surface area contributed by atoms with Gasteiger partial charge in [0.1, 0.15) is 0 Å². The third kappa shape index (κ3) is 2.25. The normalized spacial score (nSPS) is 11.2. The monoisotopic (exact) mass is 318 g/mol. The smallest absolute Gasteiger partial charge is 0.0541 e. The molecule has 0 spiro atoms. The summed E-state index contributed by atoms with van der Waals surface area (Å²) < 4.78 is 2.34. The van der Waals surface area contributed by atoms with E-state index in [2.05, 4.69) is 102 Å². The maximum Gasteiger partial charge on any atom is 0.0541 e. The van der Waals surface area contributed by atoms with Gasteiger partial charge < -0.3 is 4.57 Å². The largest absolute Gasteiger partial charge is 0.309 e. The van der Waals surface area contributed by atoms with E-state index in [9.17, 15) is 0 Å². The van der Waals surface area contributed by atoms with Crippen molar-refractivity contribution in [3.63, 3.8) is 0 Å². The van der Waals surface area contributed by atoms with Crippen LogP contribution < -0.4 is 0 Å². The molecule has 4 aromatic carbocycles. The van der Waals surface area contributed by atoms with E-state index < -0.39 is 0 Å². The Labute approximate surface area is 146 Å². The molecule has 117 valence electrons. The Morgan fingerprint density at radius 3 is 2.28 bits per heavy atom. The minimum atomic E-state index is 1.18. The minimum Gasteiger partial charge on any atom is -0.309 e. The van der Waals surface area contributed by atoms with Gasteiger partial charge in [0.2, 0.25) is 0 Å². The second-order valence-corrected chi connectivity index (χ2v) is 6.21. The lowest BCUT2D eigenvalue weighted by Gasteiger charge is -2.10. The molecule has 25 heavy (non-hydrogen) atoms. The van der Waals surface area contributed by atoms with E-state index in [1.54, 1.807) is 0 Å². The predicted molar refractivity (Wildman–Crippen MR) is 105 cm³/mol. The molecule has 0 saturated carbocycles. The van der Waals surface area contributed by atoms with E-state index in [-0.39, 0.29) is 0 Å². The SMILES string of the molecule is [c]1ccc2c(c1)c1ccccc1n2-c1cccc(-c2ccccc2)c1. The molecule has 0 atom stereocenters. The van der Waals surface area contributed by atoms with E-state index in [4.69, 9.17) is 0 Å². The van der Waals surface area contributed by atoms with E-state index in [0.29, 0.717) is 0 Å². The molecule has 0 N–H and O–H groups in total. The number of benzene rings is 4. The van der Waals surface area contributed by atoms with Crippen LogP contribution in [-0.4, -0.2) is 4.57 Å². The van der Waals surface area contributed by atoms with Crippen LogP contribution in [0.15, 0.2) is 97.1 Å². The molecule has 0 aliphatic rings. The quantitative estimate of drug-likeness (QED) is 0.362. The van der Waals surface area contributed by atoms with Crippen LogP contribution >= 0.6 is 0 Å². The topological polar surface area (TPSA) is 4.93 Å². The van der Waals surface area contributed by atoms with E-state index in [1.807, 2.05) is 6.07 Å². The lowest BCUT2D eigenvalue weighted by atomic mass is 10.1. The zero-order valence-corrected chi connectivity index (χ0v) is 13.7. The van der Waals surface area contributed by atoms with Crippen molar-refractivity contribution in [3.05, 3.63) is 103 Å². The Kier molecular flexibility index (Phi) is 3.17. The maximum absolute atomic E-state index is 3.22. The van der Waals surface area contributed by atoms with Gasteiger partial charge in [-0.2, -0.15) is 0 Å². The average Bonchev–Trinajstić information content (AvgIpc) is 3.03. The van der Waals surface area contributed by atoms with Gasteiger partial charge in [0.05, 0.1) is 11.0 Å². The fourth-order valence-corrected chi connectivity index (χ4v) is 3.59. The standard InChI is InChI=1S/C24H16N/c1-2-9-18(10-3-1)19-11-8-12-20(17-19)25-23-15-6-4-13-21(23)22-14-5-7-16-24(22)25/h1-4,6-17H. The summed E-state index contributed by atoms with van der Waals surface area (Å²) >= 11 is 0. The van der Waals surface area contributed by atoms with Crippen LogP contribution in [0.2, 0.25) is 0 Å². The van der Waals surface area contributed by atoms with Crippen molar-refractivity contribution in [2.45, 2.75) is 0 Å². The Balaban J connectivity index is 1.81. The van der Waals surface area contributed by atoms with Gasteiger partial charge in [-0.1, -0.05) is 66.7 Å². The fraction of sp³-hybridized carbons (Fsp3) is 0. The summed E-state index contributed by atoms with van der Waals surface area (Å²) in [5, 5.41) is 2.50. The molecule has 0 unspecified atom stereocenters. The van der Waals surface area contributed by atoms with Crippen LogP contribution in [0.5, 0.6) is 0 Å². The highest BCUT2D eigenvalue weighted by Gasteiger charge is 2.11. The molecule has 1 nitrogen and oxygen atoms in total. The molecule has 0 fully saturated rings. The van der Waals surface area contributed by atoms with Crippen LogP contribution in [0.3, 0.4) is 0 Å². The van der Waals surface area contributed by atoms with Crippen LogP contribution in [0.4, 0.5) is 0 Å². The van der Waals surface area contributed by atoms with Gasteiger partial charge in [-0.05, 0) is 47.5 Å². The number of nitrogens with zero attached hydrogens (tertiary/aromatic N) is 1. The lowest BCUT2D eigenvalue weighted by molar-refractivity contribution is 1.18. The van der Waals surface area contributed by atoms with E-state index in [0.717, 1.165) is 0 Å². The second-order valence-electron chi connectivity index (χ2n) is 6.21. The molecule has 0 bridgehead atoms. The first-order valence-corrected chi connectivity index (χ1v) is 8.47. The van der Waals surface area contributed by atoms with Crippen molar-refractivity contribution in [2.75, 3.05) is 0 Å². The zero-order chi connectivity index (χ0) is 16.6. The van der Waals surface area contributed by atoms with Gasteiger partial charge in [0, 0.05) is 16.5 Å². The molecule has 1 aromatic heterocycles. The van der Waals surface area contributed by atoms with Gasteiger partial charge in [0.25, 0.3) is 0 Å². The molecule has 0 amide bonds. The molecule has 1 heteroatoms. The second kappa shape index (κ2) is 5.64. The van der Waals surface area contributed by atoms with Gasteiger partial charge in [-0.3, -0.25) is 0 Å².